The molecule has 2 heterocycles. The number of sulfone groups is 1. The number of hydrogen-bond acceptors (Lipinski definition) is 7. The third kappa shape index (κ3) is 7.82. The number of hydrogen-bond donors (Lipinski definition) is 2. The third-order valence-electron chi connectivity index (χ3n) is 4.43. The first-order valence-corrected chi connectivity index (χ1v) is 12.4. The summed E-state index contributed by atoms with van der Waals surface area (Å²) in [6.07, 6.45) is -4.56. The minimum absolute atomic E-state index is 0.217. The summed E-state index contributed by atoms with van der Waals surface area (Å²) >= 11 is 1.40. The van der Waals surface area contributed by atoms with Gasteiger partial charge in [-0.2, -0.15) is 27.1 Å². The van der Waals surface area contributed by atoms with Crippen LogP contribution in [0.25, 0.3) is 10.4 Å². The number of nitrogens with zero attached hydrogens (tertiary/aromatic N) is 3. The predicted molar refractivity (Wildman–Crippen MR) is 120 cm³/mol. The lowest BCUT2D eigenvalue weighted by atomic mass is 10.2. The van der Waals surface area contributed by atoms with Gasteiger partial charge in [0.2, 0.25) is 0 Å². The van der Waals surface area contributed by atoms with Crippen LogP contribution in [0.2, 0.25) is 0 Å². The highest BCUT2D eigenvalue weighted by atomic mass is 32.2. The second-order valence-corrected chi connectivity index (χ2v) is 10.3. The summed E-state index contributed by atoms with van der Waals surface area (Å²) in [6, 6.07) is 10.3. The van der Waals surface area contributed by atoms with Crippen molar-refractivity contribution < 1.29 is 40.3 Å². The van der Waals surface area contributed by atoms with Gasteiger partial charge in [-0.25, -0.2) is 22.7 Å². The quantitative estimate of drug-likeness (QED) is 0.429. The molecule has 16 heteroatoms. The lowest BCUT2D eigenvalue weighted by Crippen LogP contribution is -2.27. The van der Waals surface area contributed by atoms with Crippen molar-refractivity contribution in [1.29, 1.82) is 0 Å². The van der Waals surface area contributed by atoms with Crippen molar-refractivity contribution in [2.24, 2.45) is 5.73 Å². The molecule has 9 nitrogen and oxygen atoms in total. The van der Waals surface area contributed by atoms with E-state index in [1.807, 2.05) is 12.1 Å². The SMILES string of the molecule is CS(=O)(=O)c1cccc(-c2ccc(Cn3cnn(CC(CN)=C(F)F)c3=O)s2)c1.O=C(O)C(F)(F)F. The Bertz CT molecular complexity index is 1420. The van der Waals surface area contributed by atoms with Gasteiger partial charge in [-0.3, -0.25) is 4.57 Å². The van der Waals surface area contributed by atoms with Crippen LogP contribution in [0.3, 0.4) is 0 Å². The van der Waals surface area contributed by atoms with Crippen molar-refractivity contribution in [3.63, 3.8) is 0 Å². The highest BCUT2D eigenvalue weighted by Gasteiger charge is 2.38. The molecule has 0 radical (unpaired) electrons. The fourth-order valence-corrected chi connectivity index (χ4v) is 4.31. The zero-order valence-corrected chi connectivity index (χ0v) is 20.0. The minimum Gasteiger partial charge on any atom is -0.475 e. The highest BCUT2D eigenvalue weighted by molar-refractivity contribution is 7.90. The van der Waals surface area contributed by atoms with Crippen molar-refractivity contribution in [3.8, 4) is 10.4 Å². The molecule has 0 atom stereocenters. The summed E-state index contributed by atoms with van der Waals surface area (Å²) in [5.74, 6) is -2.76. The van der Waals surface area contributed by atoms with Crippen molar-refractivity contribution in [2.45, 2.75) is 24.2 Å². The van der Waals surface area contributed by atoms with E-state index in [1.165, 1.54) is 28.3 Å². The van der Waals surface area contributed by atoms with Gasteiger partial charge < -0.3 is 10.8 Å². The molecule has 196 valence electrons. The van der Waals surface area contributed by atoms with E-state index in [-0.39, 0.29) is 30.1 Å². The monoisotopic (exact) mass is 554 g/mol. The van der Waals surface area contributed by atoms with Gasteiger partial charge in [-0.05, 0) is 29.8 Å². The van der Waals surface area contributed by atoms with E-state index in [2.05, 4.69) is 5.10 Å². The molecule has 3 N–H and O–H groups in total. The van der Waals surface area contributed by atoms with Gasteiger partial charge in [0.05, 0.1) is 18.0 Å². The number of aromatic nitrogens is 3. The van der Waals surface area contributed by atoms with E-state index in [0.29, 0.717) is 0 Å². The van der Waals surface area contributed by atoms with Gasteiger partial charge in [0.25, 0.3) is 6.08 Å². The van der Waals surface area contributed by atoms with Crippen LogP contribution in [-0.2, 0) is 27.7 Å². The maximum Gasteiger partial charge on any atom is 0.490 e. The topological polar surface area (TPSA) is 137 Å². The molecule has 0 aliphatic carbocycles. The number of alkyl halides is 3. The normalized spacial score (nSPS) is 11.5. The molecule has 0 saturated heterocycles. The van der Waals surface area contributed by atoms with Crippen molar-refractivity contribution in [1.82, 2.24) is 14.3 Å². The number of rotatable bonds is 7. The molecule has 0 aliphatic heterocycles. The number of thiophene rings is 1. The van der Waals surface area contributed by atoms with Crippen LogP contribution < -0.4 is 11.4 Å². The summed E-state index contributed by atoms with van der Waals surface area (Å²) in [7, 11) is -3.31. The Labute approximate surface area is 204 Å². The smallest absolute Gasteiger partial charge is 0.475 e. The molecular weight excluding hydrogens is 535 g/mol. The fourth-order valence-electron chi connectivity index (χ4n) is 2.64. The zero-order chi connectivity index (χ0) is 27.3. The van der Waals surface area contributed by atoms with E-state index in [4.69, 9.17) is 15.6 Å². The average Bonchev–Trinajstić information content (AvgIpc) is 3.38. The summed E-state index contributed by atoms with van der Waals surface area (Å²) in [5, 5.41) is 11.0. The molecule has 0 aliphatic rings. The van der Waals surface area contributed by atoms with Crippen LogP contribution >= 0.6 is 11.3 Å². The molecule has 3 rings (SSSR count). The van der Waals surface area contributed by atoms with E-state index in [0.717, 1.165) is 26.3 Å². The fraction of sp³-hybridized carbons (Fsp3) is 0.250. The van der Waals surface area contributed by atoms with Crippen LogP contribution in [0.5, 0.6) is 0 Å². The largest absolute Gasteiger partial charge is 0.490 e. The Balaban J connectivity index is 0.000000572. The Morgan fingerprint density at radius 3 is 2.36 bits per heavy atom. The lowest BCUT2D eigenvalue weighted by Gasteiger charge is -2.02. The second-order valence-electron chi connectivity index (χ2n) is 7.14. The number of nitrogens with two attached hydrogens (primary N) is 1. The summed E-state index contributed by atoms with van der Waals surface area (Å²) in [6.45, 7) is -0.504. The van der Waals surface area contributed by atoms with Crippen LogP contribution in [0, 0.1) is 0 Å². The van der Waals surface area contributed by atoms with Gasteiger partial charge in [-0.1, -0.05) is 12.1 Å². The maximum atomic E-state index is 12.8. The highest BCUT2D eigenvalue weighted by Crippen LogP contribution is 2.30. The van der Waals surface area contributed by atoms with Crippen molar-refractivity contribution in [3.05, 3.63) is 69.7 Å². The first kappa shape index (κ1) is 28.9. The van der Waals surface area contributed by atoms with Crippen LogP contribution in [0.15, 0.2) is 64.1 Å². The van der Waals surface area contributed by atoms with Gasteiger partial charge in [-0.15, -0.1) is 11.3 Å². The molecule has 0 spiro atoms. The number of carboxylic acid groups (broad SMARTS) is 1. The van der Waals surface area contributed by atoms with Gasteiger partial charge in [0, 0.05) is 28.1 Å². The minimum atomic E-state index is -5.08. The predicted octanol–water partition coefficient (Wildman–Crippen LogP) is 2.97. The zero-order valence-electron chi connectivity index (χ0n) is 18.4. The third-order valence-corrected chi connectivity index (χ3v) is 6.66. The number of benzene rings is 1. The summed E-state index contributed by atoms with van der Waals surface area (Å²) in [4.78, 5) is 23.2. The number of halogens is 5. The first-order chi connectivity index (χ1) is 16.6. The number of carboxylic acids is 1. The van der Waals surface area contributed by atoms with Crippen LogP contribution in [0.4, 0.5) is 22.0 Å². The van der Waals surface area contributed by atoms with E-state index in [1.54, 1.807) is 18.2 Å². The van der Waals surface area contributed by atoms with Crippen molar-refractivity contribution >= 4 is 27.1 Å². The number of carbonyl (C=O) groups is 1. The average molecular weight is 555 g/mol. The van der Waals surface area contributed by atoms with Crippen LogP contribution in [-0.4, -0.2) is 52.8 Å². The van der Waals surface area contributed by atoms with E-state index < -0.39 is 33.8 Å². The van der Waals surface area contributed by atoms with E-state index >= 15 is 0 Å². The molecule has 1 aromatic carbocycles. The number of aliphatic carboxylic acids is 1. The van der Waals surface area contributed by atoms with Crippen molar-refractivity contribution in [2.75, 3.05) is 12.8 Å². The Kier molecular flexibility index (Phi) is 9.28. The molecule has 2 aromatic heterocycles. The molecule has 0 saturated carbocycles. The summed E-state index contributed by atoms with van der Waals surface area (Å²) < 4.78 is 83.0. The van der Waals surface area contributed by atoms with E-state index in [9.17, 15) is 35.2 Å². The Morgan fingerprint density at radius 2 is 1.83 bits per heavy atom. The van der Waals surface area contributed by atoms with Gasteiger partial charge in [0.1, 0.15) is 6.33 Å². The second kappa shape index (κ2) is 11.6. The molecule has 3 aromatic rings. The Morgan fingerprint density at radius 1 is 1.19 bits per heavy atom. The van der Waals surface area contributed by atoms with Crippen LogP contribution in [0.1, 0.15) is 4.88 Å². The van der Waals surface area contributed by atoms with Gasteiger partial charge >= 0.3 is 17.8 Å². The molecule has 36 heavy (non-hydrogen) atoms. The molecule has 0 fully saturated rings. The molecule has 0 unspecified atom stereocenters. The Hall–Kier alpha value is -3.37. The molecular formula is C20H19F5N4O5S2. The first-order valence-electron chi connectivity index (χ1n) is 9.68. The molecule has 0 amide bonds. The van der Waals surface area contributed by atoms with Gasteiger partial charge in [0.15, 0.2) is 9.84 Å². The standard InChI is InChI=1S/C18H18F2N4O3S2.C2HF3O2/c1-29(26,27)15-4-2-3-12(7-15)16-6-5-14(28-16)10-23-11-22-24(18(23)25)9-13(8-21)17(19)20;3-2(4,5)1(6)7/h2-7,11H,8-10,21H2,1H3;(H,6,7). The molecule has 0 bridgehead atoms. The summed E-state index contributed by atoms with van der Waals surface area (Å²) in [5.41, 5.74) is 5.16. The lowest BCUT2D eigenvalue weighted by molar-refractivity contribution is -0.192. The maximum absolute atomic E-state index is 12.8.